The van der Waals surface area contributed by atoms with Gasteiger partial charge < -0.3 is 14.7 Å². The van der Waals surface area contributed by atoms with E-state index in [4.69, 9.17) is 4.52 Å². The van der Waals surface area contributed by atoms with Crippen molar-refractivity contribution in [1.29, 1.82) is 0 Å². The zero-order valence-electron chi connectivity index (χ0n) is 17.7. The molecular formula is C24H27BrN4O2. The molecule has 0 spiro atoms. The number of anilines is 1. The summed E-state index contributed by atoms with van der Waals surface area (Å²) in [5.41, 5.74) is 3.78. The zero-order chi connectivity index (χ0) is 21.6. The van der Waals surface area contributed by atoms with E-state index >= 15 is 0 Å². The Kier molecular flexibility index (Phi) is 7.04. The van der Waals surface area contributed by atoms with Gasteiger partial charge in [0.25, 0.3) is 5.91 Å². The van der Waals surface area contributed by atoms with Crippen molar-refractivity contribution in [3.8, 4) is 0 Å². The summed E-state index contributed by atoms with van der Waals surface area (Å²) in [5.74, 6) is 0.526. The number of fused-ring (bicyclic) bond motifs is 1. The van der Waals surface area contributed by atoms with Crippen LogP contribution < -0.4 is 5.32 Å². The Labute approximate surface area is 191 Å². The molecule has 0 atom stereocenters. The number of amides is 1. The minimum absolute atomic E-state index is 0.110. The van der Waals surface area contributed by atoms with Crippen LogP contribution in [0.25, 0.3) is 0 Å². The lowest BCUT2D eigenvalue weighted by atomic mass is 10.1. The molecule has 0 saturated carbocycles. The second-order valence-electron chi connectivity index (χ2n) is 7.89. The molecule has 1 aliphatic rings. The lowest BCUT2D eigenvalue weighted by Gasteiger charge is -2.27. The quantitative estimate of drug-likeness (QED) is 0.585. The molecule has 6 nitrogen and oxygen atoms in total. The van der Waals surface area contributed by atoms with Gasteiger partial charge in [-0.1, -0.05) is 51.4 Å². The highest BCUT2D eigenvalue weighted by Crippen LogP contribution is 2.24. The Morgan fingerprint density at radius 3 is 2.74 bits per heavy atom. The summed E-state index contributed by atoms with van der Waals surface area (Å²) in [7, 11) is 0. The van der Waals surface area contributed by atoms with E-state index in [1.165, 1.54) is 5.56 Å². The van der Waals surface area contributed by atoms with Crippen molar-refractivity contribution >= 4 is 27.5 Å². The normalized spacial score (nSPS) is 15.6. The number of benzene rings is 2. The van der Waals surface area contributed by atoms with Gasteiger partial charge in [0.05, 0.1) is 0 Å². The van der Waals surface area contributed by atoms with E-state index in [1.807, 2.05) is 17.0 Å². The van der Waals surface area contributed by atoms with Crippen molar-refractivity contribution in [2.24, 2.45) is 0 Å². The molecule has 0 aliphatic carbocycles. The molecule has 31 heavy (non-hydrogen) atoms. The first kappa shape index (κ1) is 21.6. The molecule has 4 rings (SSSR count). The van der Waals surface area contributed by atoms with E-state index in [1.54, 1.807) is 13.0 Å². The summed E-state index contributed by atoms with van der Waals surface area (Å²) in [5, 5.41) is 7.52. The van der Waals surface area contributed by atoms with E-state index in [9.17, 15) is 4.79 Å². The minimum atomic E-state index is -0.110. The smallest absolute Gasteiger partial charge is 0.276 e. The largest absolute Gasteiger partial charge is 0.385 e. The fourth-order valence-corrected chi connectivity index (χ4v) is 4.26. The summed E-state index contributed by atoms with van der Waals surface area (Å²) in [6.07, 6.45) is 1.03. The predicted molar refractivity (Wildman–Crippen MR) is 125 cm³/mol. The number of carbonyl (C=O) groups is 1. The molecule has 162 valence electrons. The number of hydrogen-bond donors (Lipinski definition) is 1. The van der Waals surface area contributed by atoms with Crippen LogP contribution in [0.4, 0.5) is 5.69 Å². The highest BCUT2D eigenvalue weighted by molar-refractivity contribution is 9.10. The van der Waals surface area contributed by atoms with Gasteiger partial charge in [0, 0.05) is 55.5 Å². The Morgan fingerprint density at radius 1 is 1.13 bits per heavy atom. The summed E-state index contributed by atoms with van der Waals surface area (Å²) >= 11 is 3.57. The SMILES string of the molecule is Cc1cc(C(=O)N2CCN(Cc3ccccc3)CCCNc3ccc(Br)cc3C2)no1. The monoisotopic (exact) mass is 482 g/mol. The molecule has 1 aromatic heterocycles. The van der Waals surface area contributed by atoms with Crippen LogP contribution >= 0.6 is 15.9 Å². The highest BCUT2D eigenvalue weighted by atomic mass is 79.9. The molecular weight excluding hydrogens is 456 g/mol. The third kappa shape index (κ3) is 5.74. The average Bonchev–Trinajstić information content (AvgIpc) is 3.19. The van der Waals surface area contributed by atoms with Crippen LogP contribution in [0.15, 0.2) is 63.6 Å². The maximum absolute atomic E-state index is 13.3. The number of aryl methyl sites for hydroxylation is 1. The lowest BCUT2D eigenvalue weighted by Crippen LogP contribution is -2.38. The molecule has 2 aromatic carbocycles. The van der Waals surface area contributed by atoms with Gasteiger partial charge in [-0.15, -0.1) is 0 Å². The second kappa shape index (κ2) is 10.1. The van der Waals surface area contributed by atoms with E-state index in [2.05, 4.69) is 67.7 Å². The van der Waals surface area contributed by atoms with Gasteiger partial charge in [-0.05, 0) is 42.7 Å². The molecule has 1 N–H and O–H groups in total. The van der Waals surface area contributed by atoms with E-state index in [0.717, 1.165) is 48.3 Å². The van der Waals surface area contributed by atoms with Gasteiger partial charge in [-0.3, -0.25) is 9.69 Å². The fraction of sp³-hybridized carbons (Fsp3) is 0.333. The van der Waals surface area contributed by atoms with Gasteiger partial charge >= 0.3 is 0 Å². The van der Waals surface area contributed by atoms with Gasteiger partial charge in [-0.2, -0.15) is 0 Å². The number of aromatic nitrogens is 1. The van der Waals surface area contributed by atoms with E-state index < -0.39 is 0 Å². The maximum atomic E-state index is 13.3. The number of rotatable bonds is 3. The molecule has 7 heteroatoms. The van der Waals surface area contributed by atoms with E-state index in [0.29, 0.717) is 24.5 Å². The number of nitrogens with one attached hydrogen (secondary N) is 1. The van der Waals surface area contributed by atoms with Crippen molar-refractivity contribution in [3.05, 3.63) is 81.7 Å². The number of carbonyl (C=O) groups excluding carboxylic acids is 1. The Hall–Kier alpha value is -2.64. The Balaban J connectivity index is 1.59. The fourth-order valence-electron chi connectivity index (χ4n) is 3.85. The maximum Gasteiger partial charge on any atom is 0.276 e. The van der Waals surface area contributed by atoms with Crippen molar-refractivity contribution in [2.45, 2.75) is 26.4 Å². The lowest BCUT2D eigenvalue weighted by molar-refractivity contribution is 0.0709. The van der Waals surface area contributed by atoms with E-state index in [-0.39, 0.29) is 5.91 Å². The molecule has 0 radical (unpaired) electrons. The summed E-state index contributed by atoms with van der Waals surface area (Å²) in [6.45, 7) is 6.42. The highest BCUT2D eigenvalue weighted by Gasteiger charge is 2.22. The first-order chi connectivity index (χ1) is 15.1. The van der Waals surface area contributed by atoms with Crippen LogP contribution in [0.3, 0.4) is 0 Å². The van der Waals surface area contributed by atoms with Crippen molar-refractivity contribution in [2.75, 3.05) is 31.5 Å². The third-order valence-corrected chi connectivity index (χ3v) is 5.96. The molecule has 0 unspecified atom stereocenters. The Bertz CT molecular complexity index is 1020. The van der Waals surface area contributed by atoms with Crippen LogP contribution in [0.2, 0.25) is 0 Å². The standard InChI is InChI=1S/C24H27BrN4O2/c1-18-14-23(27-31-18)24(30)29-13-12-28(16-19-6-3-2-4-7-19)11-5-10-26-22-9-8-21(25)15-20(22)17-29/h2-4,6-9,14-15,26H,5,10-13,16-17H2,1H3. The third-order valence-electron chi connectivity index (χ3n) is 5.46. The number of nitrogens with zero attached hydrogens (tertiary/aromatic N) is 3. The van der Waals surface area contributed by atoms with Gasteiger partial charge in [0.1, 0.15) is 5.76 Å². The van der Waals surface area contributed by atoms with Crippen molar-refractivity contribution < 1.29 is 9.32 Å². The van der Waals surface area contributed by atoms with Crippen LogP contribution in [0, 0.1) is 6.92 Å². The number of hydrogen-bond acceptors (Lipinski definition) is 5. The van der Waals surface area contributed by atoms with Crippen LogP contribution in [0.1, 0.15) is 33.8 Å². The molecule has 1 aliphatic heterocycles. The van der Waals surface area contributed by atoms with Crippen LogP contribution in [-0.2, 0) is 13.1 Å². The first-order valence-electron chi connectivity index (χ1n) is 10.6. The molecule has 2 heterocycles. The van der Waals surface area contributed by atoms with Crippen molar-refractivity contribution in [3.63, 3.8) is 0 Å². The zero-order valence-corrected chi connectivity index (χ0v) is 19.3. The molecule has 0 saturated heterocycles. The van der Waals surface area contributed by atoms with Crippen LogP contribution in [-0.4, -0.2) is 47.0 Å². The van der Waals surface area contributed by atoms with Gasteiger partial charge in [0.15, 0.2) is 5.69 Å². The summed E-state index contributed by atoms with van der Waals surface area (Å²) in [4.78, 5) is 17.6. The first-order valence-corrected chi connectivity index (χ1v) is 11.4. The summed E-state index contributed by atoms with van der Waals surface area (Å²) < 4.78 is 6.16. The summed E-state index contributed by atoms with van der Waals surface area (Å²) in [6, 6.07) is 18.4. The molecule has 3 aromatic rings. The van der Waals surface area contributed by atoms with Crippen LogP contribution in [0.5, 0.6) is 0 Å². The topological polar surface area (TPSA) is 61.6 Å². The minimum Gasteiger partial charge on any atom is -0.385 e. The molecule has 0 fully saturated rings. The second-order valence-corrected chi connectivity index (χ2v) is 8.81. The number of halogens is 1. The van der Waals surface area contributed by atoms with Crippen molar-refractivity contribution in [1.82, 2.24) is 15.0 Å². The Morgan fingerprint density at radius 2 is 1.97 bits per heavy atom. The molecule has 1 amide bonds. The van der Waals surface area contributed by atoms with Gasteiger partial charge in [0.2, 0.25) is 0 Å². The van der Waals surface area contributed by atoms with Gasteiger partial charge in [-0.25, -0.2) is 0 Å². The molecule has 0 bridgehead atoms. The average molecular weight is 483 g/mol. The predicted octanol–water partition coefficient (Wildman–Crippen LogP) is 4.71.